The highest BCUT2D eigenvalue weighted by molar-refractivity contribution is 5.96. The van der Waals surface area contributed by atoms with Crippen LogP contribution in [0.1, 0.15) is 19.8 Å². The normalized spacial score (nSPS) is 13.1. The lowest BCUT2D eigenvalue weighted by Gasteiger charge is -2.10. The predicted molar refractivity (Wildman–Crippen MR) is 148 cm³/mol. The lowest BCUT2D eigenvalue weighted by molar-refractivity contribution is -0.120. The van der Waals surface area contributed by atoms with Gasteiger partial charge in [0.2, 0.25) is 12.3 Å². The summed E-state index contributed by atoms with van der Waals surface area (Å²) in [6.45, 7) is 1.94. The fraction of sp³-hybridized carbons (Fsp3) is 0.133. The molecule has 3 N–H and O–H groups in total. The van der Waals surface area contributed by atoms with Gasteiger partial charge in [0.25, 0.3) is 0 Å². The summed E-state index contributed by atoms with van der Waals surface area (Å²) in [6.07, 6.45) is 7.87. The van der Waals surface area contributed by atoms with Crippen LogP contribution in [-0.4, -0.2) is 27.5 Å². The van der Waals surface area contributed by atoms with E-state index in [2.05, 4.69) is 25.8 Å². The monoisotopic (exact) mass is 523 g/mol. The Balaban J connectivity index is 0.000000186. The third-order valence-electron chi connectivity index (χ3n) is 6.49. The van der Waals surface area contributed by atoms with Gasteiger partial charge in [-0.2, -0.15) is 5.10 Å². The second-order valence-electron chi connectivity index (χ2n) is 9.44. The van der Waals surface area contributed by atoms with Crippen molar-refractivity contribution in [3.8, 4) is 22.6 Å². The molecular formula is C30H26FN5O3. The van der Waals surface area contributed by atoms with E-state index in [0.29, 0.717) is 23.5 Å². The summed E-state index contributed by atoms with van der Waals surface area (Å²) < 4.78 is 18.5. The van der Waals surface area contributed by atoms with Gasteiger partial charge in [0.15, 0.2) is 0 Å². The number of amides is 2. The molecule has 2 aromatic heterocycles. The van der Waals surface area contributed by atoms with E-state index in [4.69, 9.17) is 4.74 Å². The van der Waals surface area contributed by atoms with Crippen molar-refractivity contribution in [1.29, 1.82) is 0 Å². The fourth-order valence-corrected chi connectivity index (χ4v) is 3.84. The predicted octanol–water partition coefficient (Wildman–Crippen LogP) is 6.55. The third kappa shape index (κ3) is 6.27. The average molecular weight is 524 g/mol. The van der Waals surface area contributed by atoms with E-state index < -0.39 is 0 Å². The number of nitrogens with zero attached hydrogens (tertiary/aromatic N) is 2. The number of carbonyl (C=O) groups is 2. The Bertz CT molecular complexity index is 1580. The summed E-state index contributed by atoms with van der Waals surface area (Å²) in [7, 11) is 0. The molecule has 1 aliphatic carbocycles. The van der Waals surface area contributed by atoms with E-state index in [1.165, 1.54) is 12.1 Å². The van der Waals surface area contributed by atoms with Gasteiger partial charge in [-0.25, -0.2) is 4.39 Å². The number of rotatable bonds is 7. The zero-order valence-corrected chi connectivity index (χ0v) is 21.1. The van der Waals surface area contributed by atoms with Crippen molar-refractivity contribution in [1.82, 2.24) is 15.2 Å². The molecule has 0 bridgehead atoms. The van der Waals surface area contributed by atoms with Gasteiger partial charge in [-0.05, 0) is 85.1 Å². The van der Waals surface area contributed by atoms with Crippen molar-refractivity contribution in [2.24, 2.45) is 5.41 Å². The molecule has 9 heteroatoms. The molecule has 8 nitrogen and oxygen atoms in total. The molecule has 3 aromatic carbocycles. The van der Waals surface area contributed by atoms with Crippen LogP contribution in [0, 0.1) is 11.2 Å². The van der Waals surface area contributed by atoms with Crippen molar-refractivity contribution in [2.45, 2.75) is 19.8 Å². The van der Waals surface area contributed by atoms with E-state index in [-0.39, 0.29) is 17.1 Å². The van der Waals surface area contributed by atoms with E-state index in [1.807, 2.05) is 37.4 Å². The number of pyridine rings is 1. The van der Waals surface area contributed by atoms with E-state index >= 15 is 0 Å². The number of fused-ring (bicyclic) bond motifs is 1. The molecule has 5 aromatic rings. The maximum absolute atomic E-state index is 12.6. The molecule has 0 aliphatic heterocycles. The minimum absolute atomic E-state index is 0.0316. The molecule has 39 heavy (non-hydrogen) atoms. The number of halogens is 1. The van der Waals surface area contributed by atoms with Crippen molar-refractivity contribution in [3.05, 3.63) is 97.2 Å². The van der Waals surface area contributed by atoms with Crippen molar-refractivity contribution >= 4 is 34.6 Å². The van der Waals surface area contributed by atoms with Crippen LogP contribution < -0.4 is 15.4 Å². The first-order chi connectivity index (χ1) is 18.9. The SMILES string of the molecule is CC1(C(=O)Nc2ccc(F)cc2)CC1.O=CNc1ccc(Oc2ccnc3cc(-c4cn[nH]c4)ccc23)cc1. The quantitative estimate of drug-likeness (QED) is 0.210. The Morgan fingerprint density at radius 2 is 1.74 bits per heavy atom. The van der Waals surface area contributed by atoms with Gasteiger partial charge in [0, 0.05) is 40.1 Å². The number of benzene rings is 3. The highest BCUT2D eigenvalue weighted by atomic mass is 19.1. The van der Waals surface area contributed by atoms with Gasteiger partial charge in [0.1, 0.15) is 17.3 Å². The Hall–Kier alpha value is -5.05. The summed E-state index contributed by atoms with van der Waals surface area (Å²) in [5, 5.41) is 13.1. The van der Waals surface area contributed by atoms with E-state index in [0.717, 1.165) is 40.6 Å². The van der Waals surface area contributed by atoms with Gasteiger partial charge >= 0.3 is 0 Å². The van der Waals surface area contributed by atoms with Crippen LogP contribution in [0.2, 0.25) is 0 Å². The molecule has 1 saturated carbocycles. The lowest BCUT2D eigenvalue weighted by Crippen LogP contribution is -2.21. The number of aromatic nitrogens is 3. The minimum atomic E-state index is -0.291. The van der Waals surface area contributed by atoms with Crippen LogP contribution >= 0.6 is 0 Å². The first-order valence-corrected chi connectivity index (χ1v) is 12.4. The number of hydrogen-bond donors (Lipinski definition) is 3. The Kier molecular flexibility index (Phi) is 7.31. The number of hydrogen-bond acceptors (Lipinski definition) is 5. The van der Waals surface area contributed by atoms with Gasteiger partial charge in [-0.15, -0.1) is 0 Å². The van der Waals surface area contributed by atoms with Crippen LogP contribution in [0.4, 0.5) is 15.8 Å². The van der Waals surface area contributed by atoms with Crippen LogP contribution in [-0.2, 0) is 9.59 Å². The van der Waals surface area contributed by atoms with Gasteiger partial charge in [0.05, 0.1) is 11.7 Å². The number of aromatic amines is 1. The van der Waals surface area contributed by atoms with Crippen LogP contribution in [0.15, 0.2) is 91.4 Å². The topological polar surface area (TPSA) is 109 Å². The molecule has 0 unspecified atom stereocenters. The third-order valence-corrected chi connectivity index (χ3v) is 6.49. The van der Waals surface area contributed by atoms with Crippen molar-refractivity contribution in [2.75, 3.05) is 10.6 Å². The maximum Gasteiger partial charge on any atom is 0.230 e. The first-order valence-electron chi connectivity index (χ1n) is 12.4. The molecule has 6 rings (SSSR count). The van der Waals surface area contributed by atoms with Gasteiger partial charge in [-0.3, -0.25) is 19.7 Å². The fourth-order valence-electron chi connectivity index (χ4n) is 3.84. The highest BCUT2D eigenvalue weighted by Crippen LogP contribution is 2.45. The molecule has 1 aliphatic rings. The summed E-state index contributed by atoms with van der Waals surface area (Å²) in [6, 6.07) is 20.8. The van der Waals surface area contributed by atoms with E-state index in [9.17, 15) is 14.0 Å². The van der Waals surface area contributed by atoms with Crippen LogP contribution in [0.25, 0.3) is 22.0 Å². The minimum Gasteiger partial charge on any atom is -0.457 e. The molecule has 1 fully saturated rings. The lowest BCUT2D eigenvalue weighted by atomic mass is 10.1. The summed E-state index contributed by atoms with van der Waals surface area (Å²) in [4.78, 5) is 26.5. The standard InChI is InChI=1S/C19H14N4O2.C11H12FNO/c24-12-21-15-2-4-16(5-3-15)25-19-7-8-20-18-9-13(1-6-17(18)19)14-10-22-23-11-14;1-11(6-7-11)10(14)13-9-4-2-8(12)3-5-9/h1-12H,(H,21,24)(H,22,23);2-5H,6-7H2,1H3,(H,13,14). The van der Waals surface area contributed by atoms with Gasteiger partial charge < -0.3 is 15.4 Å². The molecule has 0 atom stereocenters. The van der Waals surface area contributed by atoms with Gasteiger partial charge in [-0.1, -0.05) is 13.0 Å². The van der Waals surface area contributed by atoms with Crippen molar-refractivity contribution < 1.29 is 18.7 Å². The number of carbonyl (C=O) groups excluding carboxylic acids is 2. The smallest absolute Gasteiger partial charge is 0.230 e. The summed E-state index contributed by atoms with van der Waals surface area (Å²) in [5.41, 5.74) is 4.07. The molecule has 0 saturated heterocycles. The molecule has 0 spiro atoms. The number of ether oxygens (including phenoxy) is 1. The zero-order chi connectivity index (χ0) is 27.2. The summed E-state index contributed by atoms with van der Waals surface area (Å²) in [5.74, 6) is 1.15. The Morgan fingerprint density at radius 1 is 1.00 bits per heavy atom. The maximum atomic E-state index is 12.6. The number of H-pyrrole nitrogens is 1. The average Bonchev–Trinajstić information content (AvgIpc) is 3.47. The summed E-state index contributed by atoms with van der Waals surface area (Å²) >= 11 is 0. The highest BCUT2D eigenvalue weighted by Gasteiger charge is 2.44. The Labute approximate surface area is 224 Å². The largest absolute Gasteiger partial charge is 0.457 e. The van der Waals surface area contributed by atoms with Crippen LogP contribution in [0.5, 0.6) is 11.5 Å². The van der Waals surface area contributed by atoms with Crippen LogP contribution in [0.3, 0.4) is 0 Å². The second-order valence-corrected chi connectivity index (χ2v) is 9.44. The van der Waals surface area contributed by atoms with E-state index in [1.54, 1.807) is 48.8 Å². The Morgan fingerprint density at radius 3 is 2.41 bits per heavy atom. The molecular weight excluding hydrogens is 497 g/mol. The molecule has 2 heterocycles. The first kappa shape index (κ1) is 25.6. The van der Waals surface area contributed by atoms with Crippen molar-refractivity contribution in [3.63, 3.8) is 0 Å². The number of anilines is 2. The molecule has 0 radical (unpaired) electrons. The zero-order valence-electron chi connectivity index (χ0n) is 21.1. The second kappa shape index (κ2) is 11.1. The molecule has 196 valence electrons. The molecule has 2 amide bonds. The number of nitrogens with one attached hydrogen (secondary N) is 3.